The van der Waals surface area contributed by atoms with Gasteiger partial charge in [-0.05, 0) is 12.5 Å². The van der Waals surface area contributed by atoms with Gasteiger partial charge in [0.2, 0.25) is 0 Å². The molecule has 0 aliphatic heterocycles. The van der Waals surface area contributed by atoms with Crippen LogP contribution >= 0.6 is 0 Å². The number of aliphatic imine (C=N–C) groups is 1. The van der Waals surface area contributed by atoms with Gasteiger partial charge in [-0.2, -0.15) is 0 Å². The lowest BCUT2D eigenvalue weighted by Crippen LogP contribution is -1.97. The molecule has 2 heteroatoms. The van der Waals surface area contributed by atoms with Gasteiger partial charge >= 0.3 is 0 Å². The minimum absolute atomic E-state index is 1.09. The van der Waals surface area contributed by atoms with Crippen LogP contribution < -0.4 is 5.32 Å². The van der Waals surface area contributed by atoms with Crippen LogP contribution in [0.15, 0.2) is 35.5 Å². The summed E-state index contributed by atoms with van der Waals surface area (Å²) in [5.74, 6) is 0. The van der Waals surface area contributed by atoms with Crippen molar-refractivity contribution in [3.8, 4) is 0 Å². The molecule has 1 aromatic rings. The first-order valence-electron chi connectivity index (χ1n) is 4.64. The Labute approximate surface area is 85.4 Å². The summed E-state index contributed by atoms with van der Waals surface area (Å²) in [7, 11) is 3.66. The van der Waals surface area contributed by atoms with Crippen LogP contribution in [0.25, 0.3) is 5.57 Å². The van der Waals surface area contributed by atoms with Crippen molar-refractivity contribution in [2.45, 2.75) is 6.92 Å². The van der Waals surface area contributed by atoms with Crippen molar-refractivity contribution in [2.75, 3.05) is 14.1 Å². The molecule has 0 bridgehead atoms. The van der Waals surface area contributed by atoms with Crippen molar-refractivity contribution < 1.29 is 0 Å². The van der Waals surface area contributed by atoms with Crippen molar-refractivity contribution in [1.82, 2.24) is 5.32 Å². The predicted octanol–water partition coefficient (Wildman–Crippen LogP) is 2.26. The molecule has 0 atom stereocenters. The Balaban J connectivity index is 3.00. The van der Waals surface area contributed by atoms with Crippen LogP contribution in [0.3, 0.4) is 0 Å². The summed E-state index contributed by atoms with van der Waals surface area (Å²) in [5.41, 5.74) is 3.54. The molecule has 74 valence electrons. The van der Waals surface area contributed by atoms with Gasteiger partial charge in [0.05, 0.1) is 0 Å². The highest BCUT2D eigenvalue weighted by Gasteiger charge is 1.96. The minimum Gasteiger partial charge on any atom is -0.393 e. The van der Waals surface area contributed by atoms with E-state index in [0.29, 0.717) is 0 Å². The Morgan fingerprint density at radius 2 is 1.93 bits per heavy atom. The summed E-state index contributed by atoms with van der Waals surface area (Å²) in [6.07, 6.45) is 3.79. The molecule has 0 saturated carbocycles. The van der Waals surface area contributed by atoms with Gasteiger partial charge in [0.15, 0.2) is 0 Å². The van der Waals surface area contributed by atoms with E-state index in [1.807, 2.05) is 19.5 Å². The molecule has 0 radical (unpaired) electrons. The van der Waals surface area contributed by atoms with Crippen LogP contribution in [0, 0.1) is 6.92 Å². The largest absolute Gasteiger partial charge is 0.393 e. The standard InChI is InChI=1S/C12H16N2/c1-10-4-6-11(7-5-10)12(8-13-2)9-14-3/h4-9,13H,1-3H3/b12-8+,14-9?. The second kappa shape index (κ2) is 5.22. The molecule has 0 saturated heterocycles. The molecule has 0 aliphatic carbocycles. The first-order valence-corrected chi connectivity index (χ1v) is 4.64. The summed E-state index contributed by atoms with van der Waals surface area (Å²) < 4.78 is 0. The molecule has 14 heavy (non-hydrogen) atoms. The summed E-state index contributed by atoms with van der Waals surface area (Å²) in [6.45, 7) is 2.08. The molecule has 1 N–H and O–H groups in total. The second-order valence-electron chi connectivity index (χ2n) is 3.14. The van der Waals surface area contributed by atoms with Crippen molar-refractivity contribution in [3.63, 3.8) is 0 Å². The predicted molar refractivity (Wildman–Crippen MR) is 62.6 cm³/mol. The normalized spacial score (nSPS) is 12.1. The molecule has 0 heterocycles. The molecule has 0 aliphatic rings. The molecule has 0 amide bonds. The maximum absolute atomic E-state index is 4.02. The van der Waals surface area contributed by atoms with E-state index in [9.17, 15) is 0 Å². The number of nitrogens with one attached hydrogen (secondary N) is 1. The smallest absolute Gasteiger partial charge is 0.0301 e. The quantitative estimate of drug-likeness (QED) is 0.723. The van der Waals surface area contributed by atoms with Gasteiger partial charge in [-0.15, -0.1) is 0 Å². The fourth-order valence-corrected chi connectivity index (χ4v) is 1.24. The third-order valence-corrected chi connectivity index (χ3v) is 1.95. The molecular weight excluding hydrogens is 172 g/mol. The summed E-state index contributed by atoms with van der Waals surface area (Å²) >= 11 is 0. The van der Waals surface area contributed by atoms with E-state index in [1.54, 1.807) is 7.05 Å². The summed E-state index contributed by atoms with van der Waals surface area (Å²) in [5, 5.41) is 3.01. The van der Waals surface area contributed by atoms with Crippen LogP contribution in [0.4, 0.5) is 0 Å². The van der Waals surface area contributed by atoms with Crippen molar-refractivity contribution >= 4 is 11.8 Å². The highest BCUT2D eigenvalue weighted by atomic mass is 14.8. The van der Waals surface area contributed by atoms with Crippen LogP contribution in [0.5, 0.6) is 0 Å². The molecular formula is C12H16N2. The molecule has 0 aromatic heterocycles. The number of hydrogen-bond acceptors (Lipinski definition) is 2. The van der Waals surface area contributed by atoms with Gasteiger partial charge < -0.3 is 5.32 Å². The van der Waals surface area contributed by atoms with Crippen molar-refractivity contribution in [2.24, 2.45) is 4.99 Å². The highest BCUT2D eigenvalue weighted by molar-refractivity contribution is 6.09. The molecule has 1 aromatic carbocycles. The Morgan fingerprint density at radius 3 is 2.43 bits per heavy atom. The van der Waals surface area contributed by atoms with E-state index in [-0.39, 0.29) is 0 Å². The Kier molecular flexibility index (Phi) is 3.92. The van der Waals surface area contributed by atoms with Crippen LogP contribution in [0.1, 0.15) is 11.1 Å². The van der Waals surface area contributed by atoms with Gasteiger partial charge in [-0.1, -0.05) is 29.8 Å². The fourth-order valence-electron chi connectivity index (χ4n) is 1.24. The average molecular weight is 188 g/mol. The van der Waals surface area contributed by atoms with E-state index in [2.05, 4.69) is 41.5 Å². The van der Waals surface area contributed by atoms with E-state index in [4.69, 9.17) is 0 Å². The maximum Gasteiger partial charge on any atom is 0.0301 e. The Bertz CT molecular complexity index is 334. The van der Waals surface area contributed by atoms with Gasteiger partial charge in [-0.25, -0.2) is 0 Å². The summed E-state index contributed by atoms with van der Waals surface area (Å²) in [6, 6.07) is 8.39. The number of rotatable bonds is 3. The maximum atomic E-state index is 4.02. The lowest BCUT2D eigenvalue weighted by atomic mass is 10.1. The van der Waals surface area contributed by atoms with Crippen molar-refractivity contribution in [3.05, 3.63) is 41.6 Å². The lowest BCUT2D eigenvalue weighted by molar-refractivity contribution is 1.11. The number of aryl methyl sites for hydroxylation is 1. The Hall–Kier alpha value is -1.57. The zero-order chi connectivity index (χ0) is 10.4. The topological polar surface area (TPSA) is 24.4 Å². The molecule has 0 fully saturated rings. The lowest BCUT2D eigenvalue weighted by Gasteiger charge is -2.02. The molecule has 0 spiro atoms. The minimum atomic E-state index is 1.09. The van der Waals surface area contributed by atoms with E-state index < -0.39 is 0 Å². The SMILES string of the molecule is CN=C/C(=C\NC)c1ccc(C)cc1. The van der Waals surface area contributed by atoms with Crippen LogP contribution in [-0.4, -0.2) is 20.3 Å². The number of allylic oxidation sites excluding steroid dienone is 1. The fraction of sp³-hybridized carbons (Fsp3) is 0.250. The van der Waals surface area contributed by atoms with Gasteiger partial charge in [0, 0.05) is 32.1 Å². The second-order valence-corrected chi connectivity index (χ2v) is 3.14. The Morgan fingerprint density at radius 1 is 1.29 bits per heavy atom. The molecule has 0 unspecified atom stereocenters. The van der Waals surface area contributed by atoms with E-state index in [1.165, 1.54) is 11.1 Å². The van der Waals surface area contributed by atoms with Crippen LogP contribution in [-0.2, 0) is 0 Å². The van der Waals surface area contributed by atoms with E-state index >= 15 is 0 Å². The zero-order valence-corrected chi connectivity index (χ0v) is 8.91. The highest BCUT2D eigenvalue weighted by Crippen LogP contribution is 2.12. The van der Waals surface area contributed by atoms with Crippen LogP contribution in [0.2, 0.25) is 0 Å². The molecule has 2 nitrogen and oxygen atoms in total. The number of benzene rings is 1. The third kappa shape index (κ3) is 2.73. The monoisotopic (exact) mass is 188 g/mol. The van der Waals surface area contributed by atoms with Gasteiger partial charge in [-0.3, -0.25) is 4.99 Å². The van der Waals surface area contributed by atoms with E-state index in [0.717, 1.165) is 5.57 Å². The zero-order valence-electron chi connectivity index (χ0n) is 8.91. The first kappa shape index (κ1) is 10.5. The summed E-state index contributed by atoms with van der Waals surface area (Å²) in [4.78, 5) is 4.02. The van der Waals surface area contributed by atoms with Crippen molar-refractivity contribution in [1.29, 1.82) is 0 Å². The van der Waals surface area contributed by atoms with Gasteiger partial charge in [0.25, 0.3) is 0 Å². The number of nitrogens with zero attached hydrogens (tertiary/aromatic N) is 1. The average Bonchev–Trinajstić information content (AvgIpc) is 2.19. The van der Waals surface area contributed by atoms with Gasteiger partial charge in [0.1, 0.15) is 0 Å². The first-order chi connectivity index (χ1) is 6.77. The third-order valence-electron chi connectivity index (χ3n) is 1.95. The number of hydrogen-bond donors (Lipinski definition) is 1. The molecule has 1 rings (SSSR count).